The van der Waals surface area contributed by atoms with Crippen molar-refractivity contribution < 1.29 is 4.39 Å². The van der Waals surface area contributed by atoms with Crippen molar-refractivity contribution in [2.75, 3.05) is 0 Å². The van der Waals surface area contributed by atoms with Crippen molar-refractivity contribution in [3.63, 3.8) is 0 Å². The van der Waals surface area contributed by atoms with Crippen molar-refractivity contribution in [3.05, 3.63) is 64.4 Å². The molecule has 0 aliphatic rings. The maximum atomic E-state index is 13.1. The van der Waals surface area contributed by atoms with Crippen LogP contribution in [0.4, 0.5) is 4.39 Å². The zero-order valence-corrected chi connectivity index (χ0v) is 14.3. The summed E-state index contributed by atoms with van der Waals surface area (Å²) < 4.78 is 15.0. The van der Waals surface area contributed by atoms with Crippen LogP contribution in [0.15, 0.2) is 47.6 Å². The van der Waals surface area contributed by atoms with Crippen LogP contribution in [0.25, 0.3) is 11.4 Å². The summed E-state index contributed by atoms with van der Waals surface area (Å²) in [5.41, 5.74) is 3.09. The second-order valence-corrected chi connectivity index (χ2v) is 6.61. The van der Waals surface area contributed by atoms with E-state index in [9.17, 15) is 4.39 Å². The predicted octanol–water partition coefficient (Wildman–Crippen LogP) is 4.88. The molecule has 3 rings (SSSR count). The first-order chi connectivity index (χ1) is 11.0. The van der Waals surface area contributed by atoms with Crippen molar-refractivity contribution in [1.82, 2.24) is 14.8 Å². The van der Waals surface area contributed by atoms with Gasteiger partial charge in [-0.05, 0) is 30.7 Å². The minimum absolute atomic E-state index is 0.329. The first-order valence-electron chi connectivity index (χ1n) is 7.08. The maximum absolute atomic E-state index is 13.1. The van der Waals surface area contributed by atoms with Crippen LogP contribution in [-0.4, -0.2) is 14.8 Å². The van der Waals surface area contributed by atoms with Crippen molar-refractivity contribution in [3.8, 4) is 11.4 Å². The molecule has 0 spiro atoms. The second kappa shape index (κ2) is 6.72. The highest BCUT2D eigenvalue weighted by Crippen LogP contribution is 2.28. The Morgan fingerprint density at radius 2 is 2.00 bits per heavy atom. The number of hydrogen-bond donors (Lipinski definition) is 0. The Morgan fingerprint density at radius 1 is 1.17 bits per heavy atom. The van der Waals surface area contributed by atoms with Crippen LogP contribution in [0, 0.1) is 12.7 Å². The molecule has 0 saturated heterocycles. The number of halogens is 2. The van der Waals surface area contributed by atoms with Crippen LogP contribution in [0.3, 0.4) is 0 Å². The van der Waals surface area contributed by atoms with Gasteiger partial charge in [0.15, 0.2) is 11.0 Å². The smallest absolute Gasteiger partial charge is 0.191 e. The quantitative estimate of drug-likeness (QED) is 0.630. The Hall–Kier alpha value is -1.85. The fourth-order valence-electron chi connectivity index (χ4n) is 2.26. The first-order valence-corrected chi connectivity index (χ1v) is 8.44. The van der Waals surface area contributed by atoms with Crippen molar-refractivity contribution in [2.24, 2.45) is 7.05 Å². The minimum Gasteiger partial charge on any atom is -0.305 e. The van der Waals surface area contributed by atoms with E-state index in [0.717, 1.165) is 22.1 Å². The van der Waals surface area contributed by atoms with Gasteiger partial charge in [-0.25, -0.2) is 4.39 Å². The SMILES string of the molecule is Cc1cccc(-c2nnc(SCc3ccc(F)cc3Cl)n2C)c1. The molecule has 0 fully saturated rings. The molecule has 0 atom stereocenters. The number of benzene rings is 2. The summed E-state index contributed by atoms with van der Waals surface area (Å²) in [7, 11) is 1.94. The van der Waals surface area contributed by atoms with E-state index in [2.05, 4.69) is 16.3 Å². The third-order valence-corrected chi connectivity index (χ3v) is 4.90. The summed E-state index contributed by atoms with van der Waals surface area (Å²) >= 11 is 7.58. The van der Waals surface area contributed by atoms with Crippen molar-refractivity contribution in [2.45, 2.75) is 17.8 Å². The van der Waals surface area contributed by atoms with E-state index in [4.69, 9.17) is 11.6 Å². The summed E-state index contributed by atoms with van der Waals surface area (Å²) in [5, 5.41) is 9.74. The van der Waals surface area contributed by atoms with Gasteiger partial charge in [0, 0.05) is 23.4 Å². The Morgan fingerprint density at radius 3 is 2.74 bits per heavy atom. The third kappa shape index (κ3) is 3.57. The third-order valence-electron chi connectivity index (χ3n) is 3.48. The van der Waals surface area contributed by atoms with Gasteiger partial charge < -0.3 is 4.57 Å². The van der Waals surface area contributed by atoms with Gasteiger partial charge in [-0.2, -0.15) is 0 Å². The average molecular weight is 348 g/mol. The molecule has 2 aromatic carbocycles. The van der Waals surface area contributed by atoms with Crippen LogP contribution in [0.5, 0.6) is 0 Å². The molecule has 118 valence electrons. The number of nitrogens with zero attached hydrogens (tertiary/aromatic N) is 3. The molecule has 3 aromatic rings. The molecule has 0 unspecified atom stereocenters. The fraction of sp³-hybridized carbons (Fsp3) is 0.176. The van der Waals surface area contributed by atoms with Gasteiger partial charge in [-0.3, -0.25) is 0 Å². The lowest BCUT2D eigenvalue weighted by Crippen LogP contribution is -1.95. The van der Waals surface area contributed by atoms with E-state index in [0.29, 0.717) is 10.8 Å². The maximum Gasteiger partial charge on any atom is 0.191 e. The summed E-state index contributed by atoms with van der Waals surface area (Å²) in [6.07, 6.45) is 0. The molecule has 23 heavy (non-hydrogen) atoms. The van der Waals surface area contributed by atoms with E-state index < -0.39 is 0 Å². The van der Waals surface area contributed by atoms with E-state index in [1.807, 2.05) is 36.7 Å². The van der Waals surface area contributed by atoms with E-state index >= 15 is 0 Å². The number of rotatable bonds is 4. The van der Waals surface area contributed by atoms with Gasteiger partial charge in [0.05, 0.1) is 0 Å². The number of thioether (sulfide) groups is 1. The number of aromatic nitrogens is 3. The van der Waals surface area contributed by atoms with Gasteiger partial charge in [-0.15, -0.1) is 10.2 Å². The summed E-state index contributed by atoms with van der Waals surface area (Å²) in [4.78, 5) is 0. The van der Waals surface area contributed by atoms with Crippen LogP contribution in [0.2, 0.25) is 5.02 Å². The standard InChI is InChI=1S/C17H15ClFN3S/c1-11-4-3-5-12(8-11)16-20-21-17(22(16)2)23-10-13-6-7-14(19)9-15(13)18/h3-9H,10H2,1-2H3. The molecular formula is C17H15ClFN3S. The van der Waals surface area contributed by atoms with E-state index in [1.165, 1.54) is 29.5 Å². The molecule has 1 aromatic heterocycles. The Balaban J connectivity index is 1.80. The van der Waals surface area contributed by atoms with Gasteiger partial charge in [0.2, 0.25) is 0 Å². The van der Waals surface area contributed by atoms with E-state index in [-0.39, 0.29) is 5.82 Å². The molecule has 0 aliphatic heterocycles. The molecule has 3 nitrogen and oxygen atoms in total. The Kier molecular flexibility index (Phi) is 4.68. The lowest BCUT2D eigenvalue weighted by atomic mass is 10.1. The molecule has 0 radical (unpaired) electrons. The topological polar surface area (TPSA) is 30.7 Å². The highest BCUT2D eigenvalue weighted by molar-refractivity contribution is 7.98. The number of hydrogen-bond acceptors (Lipinski definition) is 3. The van der Waals surface area contributed by atoms with Crippen LogP contribution in [-0.2, 0) is 12.8 Å². The van der Waals surface area contributed by atoms with Crippen LogP contribution < -0.4 is 0 Å². The van der Waals surface area contributed by atoms with E-state index in [1.54, 1.807) is 6.07 Å². The average Bonchev–Trinajstić information content (AvgIpc) is 2.87. The van der Waals surface area contributed by atoms with Crippen molar-refractivity contribution in [1.29, 1.82) is 0 Å². The molecule has 6 heteroatoms. The molecule has 1 heterocycles. The van der Waals surface area contributed by atoms with Gasteiger partial charge >= 0.3 is 0 Å². The monoisotopic (exact) mass is 347 g/mol. The summed E-state index contributed by atoms with van der Waals surface area (Å²) in [5.74, 6) is 1.10. The summed E-state index contributed by atoms with van der Waals surface area (Å²) in [6, 6.07) is 12.6. The fourth-order valence-corrected chi connectivity index (χ4v) is 3.49. The van der Waals surface area contributed by atoms with Gasteiger partial charge in [0.1, 0.15) is 5.82 Å². The van der Waals surface area contributed by atoms with Crippen LogP contribution in [0.1, 0.15) is 11.1 Å². The lowest BCUT2D eigenvalue weighted by Gasteiger charge is -2.06. The van der Waals surface area contributed by atoms with Gasteiger partial charge in [-0.1, -0.05) is 53.2 Å². The second-order valence-electron chi connectivity index (χ2n) is 5.26. The largest absolute Gasteiger partial charge is 0.305 e. The lowest BCUT2D eigenvalue weighted by molar-refractivity contribution is 0.627. The molecular weight excluding hydrogens is 333 g/mol. The predicted molar refractivity (Wildman–Crippen MR) is 92.1 cm³/mol. The molecule has 0 aliphatic carbocycles. The zero-order valence-electron chi connectivity index (χ0n) is 12.8. The normalized spacial score (nSPS) is 11.0. The first kappa shape index (κ1) is 16.0. The summed E-state index contributed by atoms with van der Waals surface area (Å²) in [6.45, 7) is 2.05. The van der Waals surface area contributed by atoms with Crippen molar-refractivity contribution >= 4 is 23.4 Å². The highest BCUT2D eigenvalue weighted by atomic mass is 35.5. The molecule has 0 N–H and O–H groups in total. The number of aryl methyl sites for hydroxylation is 1. The Labute approximate surface area is 143 Å². The molecule has 0 amide bonds. The molecule has 0 saturated carbocycles. The van der Waals surface area contributed by atoms with Gasteiger partial charge in [0.25, 0.3) is 0 Å². The Bertz CT molecular complexity index is 848. The van der Waals surface area contributed by atoms with Crippen LogP contribution >= 0.6 is 23.4 Å². The molecule has 0 bridgehead atoms. The zero-order chi connectivity index (χ0) is 16.4. The minimum atomic E-state index is -0.329. The highest BCUT2D eigenvalue weighted by Gasteiger charge is 2.12.